The largest absolute Gasteiger partial charge is 0.351 e. The smallest absolute Gasteiger partial charge is 0.234 e. The Hall–Kier alpha value is -1.36. The first-order valence-electron chi connectivity index (χ1n) is 5.17. The predicted molar refractivity (Wildman–Crippen MR) is 58.2 cm³/mol. The van der Waals surface area contributed by atoms with Crippen LogP contribution in [0.4, 0.5) is 0 Å². The van der Waals surface area contributed by atoms with Gasteiger partial charge in [0.15, 0.2) is 0 Å². The summed E-state index contributed by atoms with van der Waals surface area (Å²) in [5.41, 5.74) is 1.02. The molecule has 0 aliphatic heterocycles. The van der Waals surface area contributed by atoms with Crippen LogP contribution in [0.15, 0.2) is 12.4 Å². The van der Waals surface area contributed by atoms with E-state index in [1.54, 1.807) is 10.9 Å². The Morgan fingerprint density at radius 1 is 1.60 bits per heavy atom. The molecular formula is C10H18N4O. The fourth-order valence-electron chi connectivity index (χ4n) is 1.21. The molecule has 2 N–H and O–H groups in total. The average Bonchev–Trinajstić information content (AvgIpc) is 2.62. The van der Waals surface area contributed by atoms with E-state index in [0.717, 1.165) is 18.5 Å². The van der Waals surface area contributed by atoms with Gasteiger partial charge in [-0.05, 0) is 13.0 Å². The summed E-state index contributed by atoms with van der Waals surface area (Å²) in [6.07, 6.45) is 4.68. The van der Waals surface area contributed by atoms with Crippen molar-refractivity contribution in [3.8, 4) is 0 Å². The van der Waals surface area contributed by atoms with E-state index in [2.05, 4.69) is 22.7 Å². The number of rotatable bonds is 6. The molecule has 0 spiro atoms. The number of hydrogen-bond acceptors (Lipinski definition) is 3. The van der Waals surface area contributed by atoms with Crippen LogP contribution in [-0.4, -0.2) is 28.8 Å². The van der Waals surface area contributed by atoms with Gasteiger partial charge in [-0.25, -0.2) is 0 Å². The second kappa shape index (κ2) is 6.19. The minimum Gasteiger partial charge on any atom is -0.351 e. The molecule has 84 valence electrons. The van der Waals surface area contributed by atoms with Crippen LogP contribution in [0.2, 0.25) is 0 Å². The Labute approximate surface area is 89.9 Å². The first-order chi connectivity index (χ1) is 7.22. The van der Waals surface area contributed by atoms with Gasteiger partial charge in [0.25, 0.3) is 0 Å². The summed E-state index contributed by atoms with van der Waals surface area (Å²) in [6.45, 7) is 3.87. The quantitative estimate of drug-likeness (QED) is 0.652. The van der Waals surface area contributed by atoms with E-state index in [1.807, 2.05) is 13.2 Å². The first kappa shape index (κ1) is 11.7. The van der Waals surface area contributed by atoms with Crippen molar-refractivity contribution in [1.82, 2.24) is 20.4 Å². The Balaban J connectivity index is 2.16. The lowest BCUT2D eigenvalue weighted by molar-refractivity contribution is -0.120. The normalized spacial score (nSPS) is 10.3. The Morgan fingerprint density at radius 2 is 2.40 bits per heavy atom. The van der Waals surface area contributed by atoms with Crippen molar-refractivity contribution in [2.24, 2.45) is 7.05 Å². The maximum atomic E-state index is 11.3. The zero-order chi connectivity index (χ0) is 11.1. The second-order valence-corrected chi connectivity index (χ2v) is 3.48. The van der Waals surface area contributed by atoms with E-state index in [1.165, 1.54) is 0 Å². The van der Waals surface area contributed by atoms with Crippen molar-refractivity contribution >= 4 is 5.91 Å². The standard InChI is InChI=1S/C10H18N4O/c1-3-4-11-7-10(15)12-5-9-6-13-14(2)8-9/h6,8,11H,3-5,7H2,1-2H3,(H,12,15). The molecule has 1 aromatic rings. The number of aryl methyl sites for hydroxylation is 1. The van der Waals surface area contributed by atoms with Crippen LogP contribution in [0, 0.1) is 0 Å². The average molecular weight is 210 g/mol. The van der Waals surface area contributed by atoms with Gasteiger partial charge in [-0.3, -0.25) is 9.48 Å². The number of nitrogens with zero attached hydrogens (tertiary/aromatic N) is 2. The lowest BCUT2D eigenvalue weighted by atomic mass is 10.3. The van der Waals surface area contributed by atoms with Crippen LogP contribution in [0.5, 0.6) is 0 Å². The number of nitrogens with one attached hydrogen (secondary N) is 2. The molecule has 0 fully saturated rings. The highest BCUT2D eigenvalue weighted by atomic mass is 16.1. The Morgan fingerprint density at radius 3 is 3.00 bits per heavy atom. The van der Waals surface area contributed by atoms with E-state index in [9.17, 15) is 4.79 Å². The SMILES string of the molecule is CCCNCC(=O)NCc1cnn(C)c1. The maximum absolute atomic E-state index is 11.3. The van der Waals surface area contributed by atoms with Crippen molar-refractivity contribution in [1.29, 1.82) is 0 Å². The molecule has 0 unspecified atom stereocenters. The predicted octanol–water partition coefficient (Wildman–Crippen LogP) is 0.0359. The van der Waals surface area contributed by atoms with E-state index >= 15 is 0 Å². The molecule has 0 aromatic carbocycles. The molecule has 5 nitrogen and oxygen atoms in total. The molecule has 0 bridgehead atoms. The van der Waals surface area contributed by atoms with Gasteiger partial charge in [0, 0.05) is 25.4 Å². The lowest BCUT2D eigenvalue weighted by Crippen LogP contribution is -2.33. The van der Waals surface area contributed by atoms with Crippen molar-refractivity contribution in [2.75, 3.05) is 13.1 Å². The number of aromatic nitrogens is 2. The van der Waals surface area contributed by atoms with E-state index in [4.69, 9.17) is 0 Å². The molecule has 1 aromatic heterocycles. The molecule has 1 rings (SSSR count). The molecule has 15 heavy (non-hydrogen) atoms. The van der Waals surface area contributed by atoms with Crippen LogP contribution in [0.25, 0.3) is 0 Å². The highest BCUT2D eigenvalue weighted by Gasteiger charge is 2.01. The van der Waals surface area contributed by atoms with Crippen molar-refractivity contribution in [2.45, 2.75) is 19.9 Å². The van der Waals surface area contributed by atoms with Gasteiger partial charge in [0.05, 0.1) is 12.7 Å². The van der Waals surface area contributed by atoms with Crippen LogP contribution in [-0.2, 0) is 18.4 Å². The highest BCUT2D eigenvalue weighted by molar-refractivity contribution is 5.77. The fraction of sp³-hybridized carbons (Fsp3) is 0.600. The topological polar surface area (TPSA) is 59.0 Å². The molecule has 0 saturated heterocycles. The molecule has 0 radical (unpaired) electrons. The minimum atomic E-state index is 0.0207. The summed E-state index contributed by atoms with van der Waals surface area (Å²) in [7, 11) is 1.86. The van der Waals surface area contributed by atoms with Gasteiger partial charge in [0.1, 0.15) is 0 Å². The van der Waals surface area contributed by atoms with Gasteiger partial charge in [-0.2, -0.15) is 5.10 Å². The second-order valence-electron chi connectivity index (χ2n) is 3.48. The van der Waals surface area contributed by atoms with Crippen LogP contribution in [0.1, 0.15) is 18.9 Å². The molecule has 0 aliphatic rings. The molecule has 0 atom stereocenters. The first-order valence-corrected chi connectivity index (χ1v) is 5.17. The van der Waals surface area contributed by atoms with Gasteiger partial charge in [-0.15, -0.1) is 0 Å². The summed E-state index contributed by atoms with van der Waals surface area (Å²) in [5, 5.41) is 9.88. The van der Waals surface area contributed by atoms with Crippen molar-refractivity contribution in [3.63, 3.8) is 0 Å². The van der Waals surface area contributed by atoms with Crippen LogP contribution in [0.3, 0.4) is 0 Å². The third-order valence-electron chi connectivity index (χ3n) is 1.96. The van der Waals surface area contributed by atoms with Crippen LogP contribution < -0.4 is 10.6 Å². The monoisotopic (exact) mass is 210 g/mol. The Kier molecular flexibility index (Phi) is 4.83. The molecule has 5 heteroatoms. The lowest BCUT2D eigenvalue weighted by Gasteiger charge is -2.04. The van der Waals surface area contributed by atoms with Gasteiger partial charge in [0.2, 0.25) is 5.91 Å². The minimum absolute atomic E-state index is 0.0207. The number of carbonyl (C=O) groups is 1. The Bertz CT molecular complexity index is 308. The van der Waals surface area contributed by atoms with E-state index in [0.29, 0.717) is 13.1 Å². The molecule has 0 saturated carbocycles. The summed E-state index contributed by atoms with van der Waals surface area (Å²) >= 11 is 0. The van der Waals surface area contributed by atoms with Gasteiger partial charge < -0.3 is 10.6 Å². The third kappa shape index (κ3) is 4.60. The summed E-state index contributed by atoms with van der Waals surface area (Å²) in [6, 6.07) is 0. The maximum Gasteiger partial charge on any atom is 0.234 e. The highest BCUT2D eigenvalue weighted by Crippen LogP contribution is 1.94. The fourth-order valence-corrected chi connectivity index (χ4v) is 1.21. The van der Waals surface area contributed by atoms with Crippen molar-refractivity contribution < 1.29 is 4.79 Å². The van der Waals surface area contributed by atoms with E-state index in [-0.39, 0.29) is 5.91 Å². The number of carbonyl (C=O) groups excluding carboxylic acids is 1. The molecular weight excluding hydrogens is 192 g/mol. The van der Waals surface area contributed by atoms with Crippen molar-refractivity contribution in [3.05, 3.63) is 18.0 Å². The van der Waals surface area contributed by atoms with Gasteiger partial charge in [-0.1, -0.05) is 6.92 Å². The molecule has 0 aliphatic carbocycles. The zero-order valence-corrected chi connectivity index (χ0v) is 9.29. The number of hydrogen-bond donors (Lipinski definition) is 2. The summed E-state index contributed by atoms with van der Waals surface area (Å²) < 4.78 is 1.72. The molecule has 1 amide bonds. The summed E-state index contributed by atoms with van der Waals surface area (Å²) in [5.74, 6) is 0.0207. The third-order valence-corrected chi connectivity index (χ3v) is 1.96. The summed E-state index contributed by atoms with van der Waals surface area (Å²) in [4.78, 5) is 11.3. The molecule has 1 heterocycles. The number of amides is 1. The van der Waals surface area contributed by atoms with Crippen LogP contribution >= 0.6 is 0 Å². The van der Waals surface area contributed by atoms with Gasteiger partial charge >= 0.3 is 0 Å². The van der Waals surface area contributed by atoms with E-state index < -0.39 is 0 Å². The zero-order valence-electron chi connectivity index (χ0n) is 9.29.